The fourth-order valence-electron chi connectivity index (χ4n) is 14.2. The van der Waals surface area contributed by atoms with Crippen LogP contribution in [0.15, 0.2) is 328 Å². The first kappa shape index (κ1) is 49.7. The molecular formula is C84H54N4. The predicted molar refractivity (Wildman–Crippen MR) is 371 cm³/mol. The Morgan fingerprint density at radius 1 is 0.125 bits per heavy atom. The molecule has 0 N–H and O–H groups in total. The fraction of sp³-hybridized carbons (Fsp3) is 0. The Balaban J connectivity index is 0.661. The molecule has 0 aliphatic heterocycles. The molecule has 4 nitrogen and oxygen atoms in total. The molecule has 18 aromatic rings. The van der Waals surface area contributed by atoms with E-state index in [-0.39, 0.29) is 0 Å². The van der Waals surface area contributed by atoms with Crippen molar-refractivity contribution in [2.24, 2.45) is 0 Å². The van der Waals surface area contributed by atoms with Crippen molar-refractivity contribution in [1.82, 2.24) is 18.3 Å². The van der Waals surface area contributed by atoms with E-state index in [1.54, 1.807) is 0 Å². The van der Waals surface area contributed by atoms with Crippen molar-refractivity contribution in [3.05, 3.63) is 328 Å². The second kappa shape index (κ2) is 20.0. The highest BCUT2D eigenvalue weighted by atomic mass is 15.0. The Morgan fingerprint density at radius 2 is 0.364 bits per heavy atom. The largest absolute Gasteiger partial charge is 0.309 e. The first-order chi connectivity index (χ1) is 43.6. The molecule has 0 radical (unpaired) electrons. The SMILES string of the molecule is c1ccc(-c2ccc(-n3c4ccccc4c4cc5c(cc43)c3ccccc3n5-c3cccc(-c4cccc(-c5cccc(-c6ccc(-c7cccc(-n8c9ccccc9c9cc%10c(cc98)c8ccccc8n%10-c8ccccc8)c7)cc6)c5)c4)c3)cc2)cc1. The Labute approximate surface area is 508 Å². The van der Waals surface area contributed by atoms with Gasteiger partial charge >= 0.3 is 0 Å². The van der Waals surface area contributed by atoms with Crippen LogP contribution in [-0.2, 0) is 0 Å². The van der Waals surface area contributed by atoms with Gasteiger partial charge in [0.2, 0.25) is 0 Å². The van der Waals surface area contributed by atoms with Crippen LogP contribution in [0.2, 0.25) is 0 Å². The van der Waals surface area contributed by atoms with Crippen molar-refractivity contribution in [3.63, 3.8) is 0 Å². The van der Waals surface area contributed by atoms with E-state index in [9.17, 15) is 0 Å². The van der Waals surface area contributed by atoms with Gasteiger partial charge in [-0.1, -0.05) is 218 Å². The molecule has 0 spiro atoms. The van der Waals surface area contributed by atoms with Crippen LogP contribution in [0.5, 0.6) is 0 Å². The fourth-order valence-corrected chi connectivity index (χ4v) is 14.2. The van der Waals surface area contributed by atoms with Gasteiger partial charge in [-0.2, -0.15) is 0 Å². The summed E-state index contributed by atoms with van der Waals surface area (Å²) in [6.07, 6.45) is 0. The third-order valence-corrected chi connectivity index (χ3v) is 18.3. The molecule has 4 aromatic heterocycles. The summed E-state index contributed by atoms with van der Waals surface area (Å²) in [6, 6.07) is 120. The molecule has 0 bridgehead atoms. The molecule has 0 fully saturated rings. The lowest BCUT2D eigenvalue weighted by Crippen LogP contribution is -1.95. The van der Waals surface area contributed by atoms with Gasteiger partial charge in [0, 0.05) is 65.8 Å². The van der Waals surface area contributed by atoms with Gasteiger partial charge in [-0.05, 0) is 165 Å². The summed E-state index contributed by atoms with van der Waals surface area (Å²) >= 11 is 0. The van der Waals surface area contributed by atoms with Gasteiger partial charge in [0.15, 0.2) is 0 Å². The number of fused-ring (bicyclic) bond motifs is 12. The third kappa shape index (κ3) is 7.93. The molecule has 410 valence electrons. The molecule has 18 rings (SSSR count). The van der Waals surface area contributed by atoms with Crippen LogP contribution in [0.3, 0.4) is 0 Å². The van der Waals surface area contributed by atoms with Crippen molar-refractivity contribution in [2.45, 2.75) is 0 Å². The molecule has 14 aromatic carbocycles. The van der Waals surface area contributed by atoms with Gasteiger partial charge in [-0.3, -0.25) is 0 Å². The lowest BCUT2D eigenvalue weighted by Gasteiger charge is -2.12. The van der Waals surface area contributed by atoms with Gasteiger partial charge in [0.05, 0.1) is 44.1 Å². The normalized spacial score (nSPS) is 11.9. The molecular weight excluding hydrogens is 1060 g/mol. The number of hydrogen-bond donors (Lipinski definition) is 0. The summed E-state index contributed by atoms with van der Waals surface area (Å²) in [7, 11) is 0. The summed E-state index contributed by atoms with van der Waals surface area (Å²) < 4.78 is 9.75. The van der Waals surface area contributed by atoms with E-state index in [0.29, 0.717) is 0 Å². The van der Waals surface area contributed by atoms with Crippen LogP contribution in [0.1, 0.15) is 0 Å². The van der Waals surface area contributed by atoms with Crippen molar-refractivity contribution >= 4 is 87.2 Å². The minimum atomic E-state index is 1.13. The molecule has 0 aliphatic rings. The zero-order valence-corrected chi connectivity index (χ0v) is 48.0. The second-order valence-corrected chi connectivity index (χ2v) is 23.3. The van der Waals surface area contributed by atoms with E-state index in [4.69, 9.17) is 0 Å². The Kier molecular flexibility index (Phi) is 11.3. The van der Waals surface area contributed by atoms with Crippen LogP contribution < -0.4 is 0 Å². The molecule has 4 heterocycles. The minimum absolute atomic E-state index is 1.13. The monoisotopic (exact) mass is 1120 g/mol. The maximum absolute atomic E-state index is 2.46. The molecule has 0 atom stereocenters. The second-order valence-electron chi connectivity index (χ2n) is 23.3. The van der Waals surface area contributed by atoms with Crippen LogP contribution >= 0.6 is 0 Å². The van der Waals surface area contributed by atoms with Crippen molar-refractivity contribution in [1.29, 1.82) is 0 Å². The molecule has 88 heavy (non-hydrogen) atoms. The van der Waals surface area contributed by atoms with Gasteiger partial charge in [-0.25, -0.2) is 0 Å². The van der Waals surface area contributed by atoms with Gasteiger partial charge < -0.3 is 18.3 Å². The van der Waals surface area contributed by atoms with Crippen LogP contribution in [0.4, 0.5) is 0 Å². The number of hydrogen-bond acceptors (Lipinski definition) is 0. The Hall–Kier alpha value is -11.7. The summed E-state index contributed by atoms with van der Waals surface area (Å²) in [5.41, 5.74) is 26.0. The molecule has 0 saturated heterocycles. The number of aromatic nitrogens is 4. The van der Waals surface area contributed by atoms with Gasteiger partial charge in [-0.15, -0.1) is 0 Å². The summed E-state index contributed by atoms with van der Waals surface area (Å²) in [5, 5.41) is 9.89. The molecule has 0 aliphatic carbocycles. The van der Waals surface area contributed by atoms with E-state index >= 15 is 0 Å². The van der Waals surface area contributed by atoms with E-state index in [1.807, 2.05) is 0 Å². The molecule has 0 saturated carbocycles. The molecule has 4 heteroatoms. The number of benzene rings is 14. The minimum Gasteiger partial charge on any atom is -0.309 e. The smallest absolute Gasteiger partial charge is 0.0548 e. The number of nitrogens with zero attached hydrogens (tertiary/aromatic N) is 4. The first-order valence-electron chi connectivity index (χ1n) is 30.3. The summed E-state index contributed by atoms with van der Waals surface area (Å²) in [5.74, 6) is 0. The predicted octanol–water partition coefficient (Wildman–Crippen LogP) is 22.4. The first-order valence-corrected chi connectivity index (χ1v) is 30.3. The maximum Gasteiger partial charge on any atom is 0.0548 e. The summed E-state index contributed by atoms with van der Waals surface area (Å²) in [6.45, 7) is 0. The van der Waals surface area contributed by atoms with Crippen LogP contribution in [-0.4, -0.2) is 18.3 Å². The van der Waals surface area contributed by atoms with E-state index < -0.39 is 0 Å². The average Bonchev–Trinajstić information content (AvgIpc) is 2.32. The van der Waals surface area contributed by atoms with Crippen molar-refractivity contribution in [2.75, 3.05) is 0 Å². The lowest BCUT2D eigenvalue weighted by molar-refractivity contribution is 1.17. The molecule has 0 amide bonds. The van der Waals surface area contributed by atoms with E-state index in [2.05, 4.69) is 346 Å². The zero-order valence-electron chi connectivity index (χ0n) is 48.0. The topological polar surface area (TPSA) is 19.7 Å². The maximum atomic E-state index is 2.46. The Bertz CT molecular complexity index is 5780. The number of para-hydroxylation sites is 5. The van der Waals surface area contributed by atoms with Crippen LogP contribution in [0, 0.1) is 0 Å². The van der Waals surface area contributed by atoms with Crippen molar-refractivity contribution in [3.8, 4) is 78.4 Å². The van der Waals surface area contributed by atoms with Gasteiger partial charge in [0.1, 0.15) is 0 Å². The zero-order chi connectivity index (χ0) is 57.8. The molecule has 0 unspecified atom stereocenters. The van der Waals surface area contributed by atoms with E-state index in [0.717, 1.165) is 22.7 Å². The standard InChI is InChI=1S/C84H54N4/c1-3-19-55(20-4-1)56-43-45-66(46-44-56)86-78-36-12-8-32-70(78)74-54-84-76(52-82(74)86)72-34-10-14-38-80(72)88(84)68-30-18-26-64(50-68)62-24-16-23-61(48-62)60-22-15-21-59(47-60)57-39-41-58(42-40-57)63-25-17-29-67(49-63)87-79-37-13-9-33-71(79)75-51-81-73(53-83(75)87)69-31-7-11-35-77(69)85(81)65-27-5-2-6-28-65/h1-54H. The third-order valence-electron chi connectivity index (χ3n) is 18.3. The highest BCUT2D eigenvalue weighted by molar-refractivity contribution is 6.20. The van der Waals surface area contributed by atoms with E-state index in [1.165, 1.54) is 143 Å². The summed E-state index contributed by atoms with van der Waals surface area (Å²) in [4.78, 5) is 0. The highest BCUT2D eigenvalue weighted by Crippen LogP contribution is 2.43. The Morgan fingerprint density at radius 3 is 0.761 bits per heavy atom. The van der Waals surface area contributed by atoms with Crippen molar-refractivity contribution < 1.29 is 0 Å². The van der Waals surface area contributed by atoms with Crippen LogP contribution in [0.25, 0.3) is 166 Å². The lowest BCUT2D eigenvalue weighted by atomic mass is 9.95. The van der Waals surface area contributed by atoms with Gasteiger partial charge in [0.25, 0.3) is 0 Å². The highest BCUT2D eigenvalue weighted by Gasteiger charge is 2.21. The quantitative estimate of drug-likeness (QED) is 0.137. The average molecular weight is 1120 g/mol. The number of rotatable bonds is 9.